The van der Waals surface area contributed by atoms with Crippen LogP contribution in [0.2, 0.25) is 0 Å². The maximum absolute atomic E-state index is 11.9. The standard InChI is InChI=1S/C17H29N7O/c1-12-5-4-8-24(11-12)13(2)10-21-17(25)20-7-3-6-15-14(9-18)16(19)23-22-15/h12-13H,3-8,10-11H2,1-2H3,(H3,19,22,23)(H2,20,21,25)/t12-,13-/m1/s1. The molecule has 1 saturated heterocycles. The smallest absolute Gasteiger partial charge is 0.314 e. The van der Waals surface area contributed by atoms with Crippen molar-refractivity contribution in [2.75, 3.05) is 31.9 Å². The summed E-state index contributed by atoms with van der Waals surface area (Å²) in [5.74, 6) is 0.962. The Kier molecular flexibility index (Phi) is 7.07. The second-order valence-electron chi connectivity index (χ2n) is 6.91. The van der Waals surface area contributed by atoms with Crippen molar-refractivity contribution >= 4 is 11.8 Å². The van der Waals surface area contributed by atoms with E-state index in [9.17, 15) is 4.79 Å². The van der Waals surface area contributed by atoms with Gasteiger partial charge in [0.25, 0.3) is 0 Å². The quantitative estimate of drug-likeness (QED) is 0.552. The van der Waals surface area contributed by atoms with E-state index in [1.807, 2.05) is 6.07 Å². The zero-order valence-electron chi connectivity index (χ0n) is 15.1. The van der Waals surface area contributed by atoms with Crippen molar-refractivity contribution in [2.24, 2.45) is 5.92 Å². The average Bonchev–Trinajstić information content (AvgIpc) is 2.96. The molecule has 0 saturated carbocycles. The molecule has 5 N–H and O–H groups in total. The summed E-state index contributed by atoms with van der Waals surface area (Å²) in [6.07, 6.45) is 3.87. The molecule has 1 aromatic heterocycles. The number of hydrogen-bond donors (Lipinski definition) is 4. The Labute approximate surface area is 149 Å². The number of aromatic amines is 1. The normalized spacial score (nSPS) is 19.2. The molecule has 2 amide bonds. The average molecular weight is 347 g/mol. The van der Waals surface area contributed by atoms with Gasteiger partial charge in [0.05, 0.1) is 5.69 Å². The summed E-state index contributed by atoms with van der Waals surface area (Å²) in [5.41, 5.74) is 6.71. The monoisotopic (exact) mass is 347 g/mol. The third kappa shape index (κ3) is 5.64. The number of aryl methyl sites for hydroxylation is 1. The second kappa shape index (κ2) is 9.28. The van der Waals surface area contributed by atoms with Crippen molar-refractivity contribution in [1.82, 2.24) is 25.7 Å². The summed E-state index contributed by atoms with van der Waals surface area (Å²) < 4.78 is 0. The van der Waals surface area contributed by atoms with Crippen molar-refractivity contribution in [3.63, 3.8) is 0 Å². The van der Waals surface area contributed by atoms with Crippen molar-refractivity contribution in [1.29, 1.82) is 5.26 Å². The highest BCUT2D eigenvalue weighted by atomic mass is 16.2. The predicted octanol–water partition coefficient (Wildman–Crippen LogP) is 1.22. The van der Waals surface area contributed by atoms with Gasteiger partial charge in [0.2, 0.25) is 0 Å². The summed E-state index contributed by atoms with van der Waals surface area (Å²) in [5, 5.41) is 21.4. The van der Waals surface area contributed by atoms with Crippen LogP contribution < -0.4 is 16.4 Å². The van der Waals surface area contributed by atoms with Gasteiger partial charge in [-0.3, -0.25) is 10.00 Å². The van der Waals surface area contributed by atoms with Gasteiger partial charge in [-0.2, -0.15) is 10.4 Å². The van der Waals surface area contributed by atoms with Crippen LogP contribution in [-0.2, 0) is 6.42 Å². The molecule has 8 heteroatoms. The number of carbonyl (C=O) groups is 1. The van der Waals surface area contributed by atoms with Gasteiger partial charge in [0.15, 0.2) is 5.82 Å². The molecule has 138 valence electrons. The highest BCUT2D eigenvalue weighted by Gasteiger charge is 2.21. The first-order valence-electron chi connectivity index (χ1n) is 8.99. The summed E-state index contributed by atoms with van der Waals surface area (Å²) in [6, 6.07) is 2.23. The zero-order chi connectivity index (χ0) is 18.2. The van der Waals surface area contributed by atoms with Crippen LogP contribution >= 0.6 is 0 Å². The molecular formula is C17H29N7O. The molecule has 25 heavy (non-hydrogen) atoms. The molecule has 0 aromatic carbocycles. The van der Waals surface area contributed by atoms with Crippen molar-refractivity contribution in [2.45, 2.75) is 45.6 Å². The van der Waals surface area contributed by atoms with E-state index in [2.05, 4.69) is 39.6 Å². The third-order valence-electron chi connectivity index (χ3n) is 4.74. The molecule has 2 rings (SSSR count). The number of rotatable bonds is 7. The first kappa shape index (κ1) is 19.1. The summed E-state index contributed by atoms with van der Waals surface area (Å²) in [7, 11) is 0. The SMILES string of the molecule is C[C@@H]1CCCN([C@H](C)CNC(=O)NCCCc2[nH]nc(N)c2C#N)C1. The number of hydrogen-bond acceptors (Lipinski definition) is 5. The summed E-state index contributed by atoms with van der Waals surface area (Å²) in [4.78, 5) is 14.3. The minimum atomic E-state index is -0.151. The van der Waals surface area contributed by atoms with E-state index in [-0.39, 0.29) is 11.8 Å². The highest BCUT2D eigenvalue weighted by molar-refractivity contribution is 5.73. The summed E-state index contributed by atoms with van der Waals surface area (Å²) in [6.45, 7) is 7.84. The van der Waals surface area contributed by atoms with Crippen LogP contribution in [-0.4, -0.2) is 53.3 Å². The number of carbonyl (C=O) groups excluding carboxylic acids is 1. The number of amides is 2. The zero-order valence-corrected chi connectivity index (χ0v) is 15.1. The van der Waals surface area contributed by atoms with Gasteiger partial charge in [-0.1, -0.05) is 6.92 Å². The van der Waals surface area contributed by atoms with Crippen LogP contribution in [0.1, 0.15) is 44.4 Å². The Morgan fingerprint density at radius 2 is 2.36 bits per heavy atom. The van der Waals surface area contributed by atoms with Crippen LogP contribution in [0.5, 0.6) is 0 Å². The maximum Gasteiger partial charge on any atom is 0.314 e. The molecular weight excluding hydrogens is 318 g/mol. The van der Waals surface area contributed by atoms with Crippen LogP contribution in [0.25, 0.3) is 0 Å². The lowest BCUT2D eigenvalue weighted by Crippen LogP contribution is -2.48. The molecule has 1 aliphatic rings. The van der Waals surface area contributed by atoms with E-state index in [1.165, 1.54) is 12.8 Å². The van der Waals surface area contributed by atoms with Gasteiger partial charge in [-0.25, -0.2) is 4.79 Å². The van der Waals surface area contributed by atoms with Crippen LogP contribution in [0.3, 0.4) is 0 Å². The number of nitrogens with zero attached hydrogens (tertiary/aromatic N) is 3. The van der Waals surface area contributed by atoms with E-state index in [0.29, 0.717) is 37.5 Å². The van der Waals surface area contributed by atoms with Gasteiger partial charge < -0.3 is 16.4 Å². The number of nitrogen functional groups attached to an aromatic ring is 1. The predicted molar refractivity (Wildman–Crippen MR) is 96.9 cm³/mol. The first-order chi connectivity index (χ1) is 12.0. The Balaban J connectivity index is 1.61. The number of nitriles is 1. The molecule has 2 atom stereocenters. The van der Waals surface area contributed by atoms with Gasteiger partial charge in [-0.05, 0) is 45.1 Å². The van der Waals surface area contributed by atoms with Gasteiger partial charge in [-0.15, -0.1) is 0 Å². The molecule has 0 bridgehead atoms. The van der Waals surface area contributed by atoms with Crippen LogP contribution in [0, 0.1) is 17.2 Å². The van der Waals surface area contributed by atoms with Crippen molar-refractivity contribution in [3.8, 4) is 6.07 Å². The minimum Gasteiger partial charge on any atom is -0.381 e. The molecule has 1 fully saturated rings. The van der Waals surface area contributed by atoms with Crippen molar-refractivity contribution < 1.29 is 4.79 Å². The fourth-order valence-electron chi connectivity index (χ4n) is 3.22. The number of nitrogens with one attached hydrogen (secondary N) is 3. The minimum absolute atomic E-state index is 0.151. The number of H-pyrrole nitrogens is 1. The van der Waals surface area contributed by atoms with Gasteiger partial charge >= 0.3 is 6.03 Å². The maximum atomic E-state index is 11.9. The first-order valence-corrected chi connectivity index (χ1v) is 8.99. The Bertz CT molecular complexity index is 607. The molecule has 8 nitrogen and oxygen atoms in total. The van der Waals surface area contributed by atoms with Crippen LogP contribution in [0.15, 0.2) is 0 Å². The number of likely N-dealkylation sites (tertiary alicyclic amines) is 1. The lowest BCUT2D eigenvalue weighted by molar-refractivity contribution is 0.137. The number of nitrogens with two attached hydrogens (primary N) is 1. The van der Waals surface area contributed by atoms with Gasteiger partial charge in [0, 0.05) is 25.7 Å². The number of aromatic nitrogens is 2. The van der Waals surface area contributed by atoms with Crippen LogP contribution in [0.4, 0.5) is 10.6 Å². The van der Waals surface area contributed by atoms with Crippen molar-refractivity contribution in [3.05, 3.63) is 11.3 Å². The number of urea groups is 1. The molecule has 0 radical (unpaired) electrons. The fraction of sp³-hybridized carbons (Fsp3) is 0.706. The Hall–Kier alpha value is -2.27. The molecule has 0 spiro atoms. The van der Waals surface area contributed by atoms with Gasteiger partial charge in [0.1, 0.15) is 11.6 Å². The number of piperidine rings is 1. The molecule has 1 aliphatic heterocycles. The largest absolute Gasteiger partial charge is 0.381 e. The molecule has 2 heterocycles. The molecule has 0 aliphatic carbocycles. The lowest BCUT2D eigenvalue weighted by atomic mass is 9.99. The molecule has 1 aromatic rings. The third-order valence-corrected chi connectivity index (χ3v) is 4.74. The number of anilines is 1. The Morgan fingerprint density at radius 1 is 1.56 bits per heavy atom. The summed E-state index contributed by atoms with van der Waals surface area (Å²) >= 11 is 0. The van der Waals surface area contributed by atoms with E-state index < -0.39 is 0 Å². The molecule has 0 unspecified atom stereocenters. The second-order valence-corrected chi connectivity index (χ2v) is 6.91. The van der Waals surface area contributed by atoms with E-state index >= 15 is 0 Å². The highest BCUT2D eigenvalue weighted by Crippen LogP contribution is 2.17. The van der Waals surface area contributed by atoms with E-state index in [4.69, 9.17) is 11.0 Å². The fourth-order valence-corrected chi connectivity index (χ4v) is 3.22. The lowest BCUT2D eigenvalue weighted by Gasteiger charge is -2.35. The van der Waals surface area contributed by atoms with E-state index in [1.54, 1.807) is 0 Å². The topological polar surface area (TPSA) is 123 Å². The van der Waals surface area contributed by atoms with E-state index in [0.717, 1.165) is 24.7 Å². The Morgan fingerprint density at radius 3 is 3.08 bits per heavy atom.